The molecule has 1 aromatic heterocycles. The lowest BCUT2D eigenvalue weighted by Crippen LogP contribution is -2.25. The third-order valence-electron chi connectivity index (χ3n) is 3.09. The summed E-state index contributed by atoms with van der Waals surface area (Å²) in [5.74, 6) is 0.466. The molecule has 0 atom stereocenters. The molecule has 0 unspecified atom stereocenters. The smallest absolute Gasteiger partial charge is 0.251 e. The molecule has 0 radical (unpaired) electrons. The highest BCUT2D eigenvalue weighted by Crippen LogP contribution is 2.24. The van der Waals surface area contributed by atoms with Gasteiger partial charge in [0.25, 0.3) is 5.91 Å². The maximum atomic E-state index is 11.9. The lowest BCUT2D eigenvalue weighted by atomic mass is 10.2. The molecular weight excluding hydrogens is 318 g/mol. The van der Waals surface area contributed by atoms with E-state index in [2.05, 4.69) is 25.9 Å². The summed E-state index contributed by atoms with van der Waals surface area (Å²) in [6, 6.07) is 6.22. The highest BCUT2D eigenvalue weighted by atomic mass is 35.5. The first-order valence-corrected chi connectivity index (χ1v) is 7.49. The van der Waals surface area contributed by atoms with Gasteiger partial charge in [0.05, 0.1) is 0 Å². The fourth-order valence-electron chi connectivity index (χ4n) is 1.97. The molecule has 0 aliphatic carbocycles. The molecule has 2 aromatic rings. The van der Waals surface area contributed by atoms with Gasteiger partial charge in [0.15, 0.2) is 11.0 Å². The number of carbonyl (C=O) groups is 1. The van der Waals surface area contributed by atoms with Crippen LogP contribution in [0.2, 0.25) is 5.15 Å². The van der Waals surface area contributed by atoms with Gasteiger partial charge in [0.2, 0.25) is 0 Å². The van der Waals surface area contributed by atoms with Crippen LogP contribution >= 0.6 is 11.6 Å². The number of hydrogen-bond acceptors (Lipinski definition) is 6. The molecule has 0 aliphatic rings. The molecule has 4 N–H and O–H groups in total. The van der Waals surface area contributed by atoms with Gasteiger partial charge in [-0.3, -0.25) is 4.79 Å². The Hall–Kier alpha value is -2.54. The molecule has 2 rings (SSSR count). The molecule has 0 bridgehead atoms. The Morgan fingerprint density at radius 3 is 2.87 bits per heavy atom. The Labute approximate surface area is 139 Å². The average molecular weight is 336 g/mol. The Morgan fingerprint density at radius 1 is 1.30 bits per heavy atom. The van der Waals surface area contributed by atoms with Crippen molar-refractivity contribution in [3.8, 4) is 5.75 Å². The van der Waals surface area contributed by atoms with Gasteiger partial charge in [-0.15, -0.1) is 0 Å². The van der Waals surface area contributed by atoms with Crippen LogP contribution in [0.5, 0.6) is 5.75 Å². The van der Waals surface area contributed by atoms with Gasteiger partial charge in [0.1, 0.15) is 17.8 Å². The number of anilines is 2. The fraction of sp³-hybridized carbons (Fsp3) is 0.267. The first-order chi connectivity index (χ1) is 11.1. The molecule has 0 fully saturated rings. The van der Waals surface area contributed by atoms with E-state index in [1.807, 2.05) is 0 Å². The van der Waals surface area contributed by atoms with Crippen LogP contribution in [0.25, 0.3) is 0 Å². The van der Waals surface area contributed by atoms with Crippen LogP contribution in [-0.2, 0) is 0 Å². The normalized spacial score (nSPS) is 10.2. The van der Waals surface area contributed by atoms with Crippen LogP contribution in [0.1, 0.15) is 16.8 Å². The summed E-state index contributed by atoms with van der Waals surface area (Å²) in [4.78, 5) is 19.9. The summed E-state index contributed by atoms with van der Waals surface area (Å²) in [6.07, 6.45) is 2.09. The van der Waals surface area contributed by atoms with E-state index in [0.717, 1.165) is 0 Å². The monoisotopic (exact) mass is 335 g/mol. The number of aromatic hydroxyl groups is 1. The fourth-order valence-corrected chi connectivity index (χ4v) is 2.19. The van der Waals surface area contributed by atoms with Gasteiger partial charge in [-0.25, -0.2) is 9.97 Å². The van der Waals surface area contributed by atoms with E-state index >= 15 is 0 Å². The number of amides is 1. The number of rotatable bonds is 7. The number of halogens is 1. The van der Waals surface area contributed by atoms with Gasteiger partial charge in [-0.05, 0) is 24.6 Å². The molecule has 1 heterocycles. The number of nitrogens with one attached hydrogen (secondary N) is 3. The minimum absolute atomic E-state index is 0.0690. The van der Waals surface area contributed by atoms with Crippen molar-refractivity contribution in [2.24, 2.45) is 0 Å². The Balaban J connectivity index is 1.76. The summed E-state index contributed by atoms with van der Waals surface area (Å²) in [7, 11) is 1.74. The predicted octanol–water partition coefficient (Wildman–Crippen LogP) is 2.11. The summed E-state index contributed by atoms with van der Waals surface area (Å²) >= 11 is 5.96. The van der Waals surface area contributed by atoms with E-state index in [-0.39, 0.29) is 11.7 Å². The first-order valence-electron chi connectivity index (χ1n) is 7.11. The number of hydrogen-bond donors (Lipinski definition) is 4. The van der Waals surface area contributed by atoms with Crippen molar-refractivity contribution in [3.05, 3.63) is 41.3 Å². The molecule has 0 aliphatic heterocycles. The van der Waals surface area contributed by atoms with Crippen LogP contribution in [0.15, 0.2) is 30.6 Å². The molecule has 0 spiro atoms. The zero-order chi connectivity index (χ0) is 16.7. The third-order valence-corrected chi connectivity index (χ3v) is 3.38. The number of carbonyl (C=O) groups excluding carboxylic acids is 1. The number of aromatic nitrogens is 2. The SMILES string of the molecule is CNc1c(Cl)ncnc1NCCCNC(=O)c1cccc(O)c1. The van der Waals surface area contributed by atoms with Crippen molar-refractivity contribution in [1.82, 2.24) is 15.3 Å². The Kier molecular flexibility index (Phi) is 5.99. The molecular formula is C15H18ClN5O2. The summed E-state index contributed by atoms with van der Waals surface area (Å²) in [6.45, 7) is 1.11. The van der Waals surface area contributed by atoms with Crippen molar-refractivity contribution >= 4 is 29.0 Å². The van der Waals surface area contributed by atoms with Crippen molar-refractivity contribution in [2.75, 3.05) is 30.8 Å². The van der Waals surface area contributed by atoms with Gasteiger partial charge < -0.3 is 21.1 Å². The Morgan fingerprint density at radius 2 is 2.13 bits per heavy atom. The van der Waals surface area contributed by atoms with Crippen molar-refractivity contribution in [3.63, 3.8) is 0 Å². The van der Waals surface area contributed by atoms with Crippen molar-refractivity contribution in [1.29, 1.82) is 0 Å². The van der Waals surface area contributed by atoms with Crippen LogP contribution < -0.4 is 16.0 Å². The third kappa shape index (κ3) is 4.72. The summed E-state index contributed by atoms with van der Waals surface area (Å²) in [5.41, 5.74) is 1.07. The molecule has 8 heteroatoms. The van der Waals surface area contributed by atoms with E-state index in [9.17, 15) is 9.90 Å². The summed E-state index contributed by atoms with van der Waals surface area (Å²) in [5, 5.41) is 18.6. The van der Waals surface area contributed by atoms with E-state index < -0.39 is 0 Å². The van der Waals surface area contributed by atoms with Crippen LogP contribution in [0.3, 0.4) is 0 Å². The van der Waals surface area contributed by atoms with Crippen molar-refractivity contribution in [2.45, 2.75) is 6.42 Å². The zero-order valence-corrected chi connectivity index (χ0v) is 13.4. The second-order valence-corrected chi connectivity index (χ2v) is 5.08. The molecule has 0 saturated heterocycles. The second-order valence-electron chi connectivity index (χ2n) is 4.72. The number of benzene rings is 1. The molecule has 1 amide bonds. The molecule has 1 aromatic carbocycles. The topological polar surface area (TPSA) is 99.2 Å². The van der Waals surface area contributed by atoms with Gasteiger partial charge in [0, 0.05) is 25.7 Å². The largest absolute Gasteiger partial charge is 0.508 e. The number of phenols is 1. The van der Waals surface area contributed by atoms with Crippen molar-refractivity contribution < 1.29 is 9.90 Å². The standard InChI is InChI=1S/C15H18ClN5O2/c1-17-12-13(16)20-9-21-14(12)18-6-3-7-19-15(23)10-4-2-5-11(22)8-10/h2,4-5,8-9,17,22H,3,6-7H2,1H3,(H,19,23)(H,18,20,21). The quantitative estimate of drug-likeness (QED) is 0.457. The van der Waals surface area contributed by atoms with Gasteiger partial charge in [-0.2, -0.15) is 0 Å². The van der Waals surface area contributed by atoms with Crippen LogP contribution in [0, 0.1) is 0 Å². The van der Waals surface area contributed by atoms with E-state index in [4.69, 9.17) is 11.6 Å². The van der Waals surface area contributed by atoms with Crippen LogP contribution in [0.4, 0.5) is 11.5 Å². The predicted molar refractivity (Wildman–Crippen MR) is 90.1 cm³/mol. The Bertz CT molecular complexity index is 681. The first kappa shape index (κ1) is 16.8. The summed E-state index contributed by atoms with van der Waals surface area (Å²) < 4.78 is 0. The minimum atomic E-state index is -0.220. The van der Waals surface area contributed by atoms with E-state index in [1.54, 1.807) is 19.2 Å². The van der Waals surface area contributed by atoms with E-state index in [1.165, 1.54) is 18.5 Å². The van der Waals surface area contributed by atoms with E-state index in [0.29, 0.717) is 41.7 Å². The lowest BCUT2D eigenvalue weighted by molar-refractivity contribution is 0.0953. The van der Waals surface area contributed by atoms with Gasteiger partial charge in [-0.1, -0.05) is 17.7 Å². The second kappa shape index (κ2) is 8.19. The maximum absolute atomic E-state index is 11.9. The molecule has 0 saturated carbocycles. The average Bonchev–Trinajstić information content (AvgIpc) is 2.54. The van der Waals surface area contributed by atoms with Crippen LogP contribution in [-0.4, -0.2) is 41.1 Å². The maximum Gasteiger partial charge on any atom is 0.251 e. The zero-order valence-electron chi connectivity index (χ0n) is 12.6. The molecule has 7 nitrogen and oxygen atoms in total. The highest BCUT2D eigenvalue weighted by molar-refractivity contribution is 6.32. The molecule has 122 valence electrons. The minimum Gasteiger partial charge on any atom is -0.508 e. The molecule has 23 heavy (non-hydrogen) atoms. The number of nitrogens with zero attached hydrogens (tertiary/aromatic N) is 2. The highest BCUT2D eigenvalue weighted by Gasteiger charge is 2.08. The number of phenolic OH excluding ortho intramolecular Hbond substituents is 1. The van der Waals surface area contributed by atoms with Gasteiger partial charge >= 0.3 is 0 Å². The lowest BCUT2D eigenvalue weighted by Gasteiger charge is -2.11.